The maximum Gasteiger partial charge on any atom is 0.411 e. The van der Waals surface area contributed by atoms with Crippen molar-refractivity contribution in [2.45, 2.75) is 12.8 Å². The summed E-state index contributed by atoms with van der Waals surface area (Å²) in [5.41, 5.74) is 0.881. The number of hydrogen-bond acceptors (Lipinski definition) is 4. The Labute approximate surface area is 187 Å². The summed E-state index contributed by atoms with van der Waals surface area (Å²) in [5.74, 6) is -0.908. The van der Waals surface area contributed by atoms with Crippen molar-refractivity contribution in [2.75, 3.05) is 18.5 Å². The summed E-state index contributed by atoms with van der Waals surface area (Å²) in [6.45, 7) is 3.53. The van der Waals surface area contributed by atoms with Gasteiger partial charge in [0.2, 0.25) is 0 Å². The Kier molecular flexibility index (Phi) is 9.23. The van der Waals surface area contributed by atoms with Crippen molar-refractivity contribution in [3.05, 3.63) is 69.6 Å². The highest BCUT2D eigenvalue weighted by molar-refractivity contribution is 6.42. The molecular formula is C20H18Cl3FN2O4. The van der Waals surface area contributed by atoms with Crippen molar-refractivity contribution in [1.29, 1.82) is 0 Å². The van der Waals surface area contributed by atoms with Crippen molar-refractivity contribution in [3.8, 4) is 5.75 Å². The Hall–Kier alpha value is -2.48. The largest absolute Gasteiger partial charge is 0.484 e. The molecule has 0 unspecified atom stereocenters. The molecule has 0 heterocycles. The van der Waals surface area contributed by atoms with Gasteiger partial charge in [-0.2, -0.15) is 0 Å². The van der Waals surface area contributed by atoms with Crippen molar-refractivity contribution in [1.82, 2.24) is 5.32 Å². The molecule has 0 radical (unpaired) electrons. The number of anilines is 1. The molecular weight excluding hydrogens is 458 g/mol. The second-order valence-electron chi connectivity index (χ2n) is 6.01. The highest BCUT2D eigenvalue weighted by atomic mass is 35.5. The highest BCUT2D eigenvalue weighted by Gasteiger charge is 2.08. The summed E-state index contributed by atoms with van der Waals surface area (Å²) in [5, 5.41) is 5.73. The molecule has 160 valence electrons. The minimum atomic E-state index is -0.647. The van der Waals surface area contributed by atoms with Gasteiger partial charge in [-0.1, -0.05) is 41.4 Å². The fraction of sp³-hybridized carbons (Fsp3) is 0.200. The van der Waals surface area contributed by atoms with Gasteiger partial charge in [0, 0.05) is 17.5 Å². The molecule has 0 aliphatic carbocycles. The Bertz CT molecular complexity index is 940. The monoisotopic (exact) mass is 474 g/mol. The first kappa shape index (κ1) is 23.8. The second-order valence-corrected chi connectivity index (χ2v) is 7.23. The molecule has 0 aliphatic heterocycles. The first-order chi connectivity index (χ1) is 14.2. The van der Waals surface area contributed by atoms with Crippen LogP contribution in [0.3, 0.4) is 0 Å². The molecule has 2 aromatic rings. The van der Waals surface area contributed by atoms with Gasteiger partial charge in [0.15, 0.2) is 6.61 Å². The van der Waals surface area contributed by atoms with Gasteiger partial charge < -0.3 is 14.8 Å². The van der Waals surface area contributed by atoms with Crippen molar-refractivity contribution < 1.29 is 23.5 Å². The van der Waals surface area contributed by atoms with E-state index < -0.39 is 17.8 Å². The number of halogens is 4. The number of hydrogen-bond donors (Lipinski definition) is 2. The number of allylic oxidation sites excluding steroid dienone is 1. The fourth-order valence-electron chi connectivity index (χ4n) is 2.19. The molecule has 0 bridgehead atoms. The molecule has 0 saturated heterocycles. The summed E-state index contributed by atoms with van der Waals surface area (Å²) in [4.78, 5) is 23.6. The van der Waals surface area contributed by atoms with E-state index in [0.29, 0.717) is 34.3 Å². The van der Waals surface area contributed by atoms with Crippen LogP contribution in [-0.4, -0.2) is 25.2 Å². The maximum atomic E-state index is 13.3. The molecule has 0 fully saturated rings. The molecule has 0 atom stereocenters. The maximum absolute atomic E-state index is 13.3. The zero-order valence-corrected chi connectivity index (χ0v) is 17.9. The molecule has 10 heteroatoms. The van der Waals surface area contributed by atoms with E-state index >= 15 is 0 Å². The van der Waals surface area contributed by atoms with Crippen LogP contribution in [-0.2, 0) is 9.53 Å². The standard InChI is InChI=1S/C20H18Cl3FN2O4/c1-12(25-19(27)11-30-14-5-7-16(22)18(24)10-14)3-2-8-29-20(28)26-13-4-6-15(21)17(23)9-13/h4-7,9-10H,1-3,8,11H2,(H,25,27)(H,26,28). The average Bonchev–Trinajstić information content (AvgIpc) is 2.69. The second kappa shape index (κ2) is 11.6. The van der Waals surface area contributed by atoms with Gasteiger partial charge in [-0.05, 0) is 43.2 Å². The summed E-state index contributed by atoms with van der Waals surface area (Å²) in [6.07, 6.45) is 0.185. The predicted molar refractivity (Wildman–Crippen MR) is 115 cm³/mol. The third-order valence-corrected chi connectivity index (χ3v) is 4.64. The van der Waals surface area contributed by atoms with Crippen molar-refractivity contribution >= 4 is 52.5 Å². The number of nitrogens with one attached hydrogen (secondary N) is 2. The van der Waals surface area contributed by atoms with Crippen LogP contribution in [0.2, 0.25) is 15.1 Å². The van der Waals surface area contributed by atoms with E-state index in [-0.39, 0.29) is 24.0 Å². The quantitative estimate of drug-likeness (QED) is 0.448. The molecule has 0 aliphatic rings. The predicted octanol–water partition coefficient (Wildman–Crippen LogP) is 5.82. The normalized spacial score (nSPS) is 10.3. The molecule has 0 aromatic heterocycles. The van der Waals surface area contributed by atoms with Gasteiger partial charge in [0.05, 0.1) is 21.7 Å². The van der Waals surface area contributed by atoms with Gasteiger partial charge in [-0.15, -0.1) is 0 Å². The van der Waals surface area contributed by atoms with Crippen LogP contribution >= 0.6 is 34.8 Å². The van der Waals surface area contributed by atoms with Gasteiger partial charge in [-0.3, -0.25) is 10.1 Å². The third kappa shape index (κ3) is 8.10. The molecule has 0 spiro atoms. The average molecular weight is 476 g/mol. The van der Waals surface area contributed by atoms with E-state index in [9.17, 15) is 14.0 Å². The Balaban J connectivity index is 1.61. The van der Waals surface area contributed by atoms with E-state index in [4.69, 9.17) is 44.3 Å². The van der Waals surface area contributed by atoms with Gasteiger partial charge >= 0.3 is 6.09 Å². The van der Waals surface area contributed by atoms with E-state index in [0.717, 1.165) is 6.07 Å². The molecule has 2 aromatic carbocycles. The first-order valence-corrected chi connectivity index (χ1v) is 9.82. The third-order valence-electron chi connectivity index (χ3n) is 3.60. The lowest BCUT2D eigenvalue weighted by molar-refractivity contribution is -0.122. The summed E-state index contributed by atoms with van der Waals surface area (Å²) < 4.78 is 23.6. The number of rotatable bonds is 9. The topological polar surface area (TPSA) is 76.7 Å². The molecule has 2 amide bonds. The highest BCUT2D eigenvalue weighted by Crippen LogP contribution is 2.25. The zero-order valence-electron chi connectivity index (χ0n) is 15.6. The van der Waals surface area contributed by atoms with E-state index in [1.54, 1.807) is 12.1 Å². The van der Waals surface area contributed by atoms with Crippen LogP contribution in [0, 0.1) is 5.82 Å². The lowest BCUT2D eigenvalue weighted by atomic mass is 10.2. The van der Waals surface area contributed by atoms with Crippen LogP contribution in [0.25, 0.3) is 0 Å². The Morgan fingerprint density at radius 1 is 1.03 bits per heavy atom. The van der Waals surface area contributed by atoms with Gasteiger partial charge in [-0.25, -0.2) is 9.18 Å². The van der Waals surface area contributed by atoms with Crippen LogP contribution in [0.5, 0.6) is 5.75 Å². The van der Waals surface area contributed by atoms with E-state index in [1.807, 2.05) is 0 Å². The number of ether oxygens (including phenoxy) is 2. The van der Waals surface area contributed by atoms with Crippen LogP contribution in [0.4, 0.5) is 14.9 Å². The smallest absolute Gasteiger partial charge is 0.411 e. The minimum Gasteiger partial charge on any atom is -0.484 e. The Morgan fingerprint density at radius 2 is 1.77 bits per heavy atom. The van der Waals surface area contributed by atoms with E-state index in [1.165, 1.54) is 18.2 Å². The van der Waals surface area contributed by atoms with Gasteiger partial charge in [0.25, 0.3) is 5.91 Å². The Morgan fingerprint density at radius 3 is 2.47 bits per heavy atom. The molecule has 2 N–H and O–H groups in total. The van der Waals surface area contributed by atoms with Crippen LogP contribution < -0.4 is 15.4 Å². The number of carbonyl (C=O) groups excluding carboxylic acids is 2. The summed E-state index contributed by atoms with van der Waals surface area (Å²) >= 11 is 17.3. The van der Waals surface area contributed by atoms with Crippen LogP contribution in [0.15, 0.2) is 48.7 Å². The minimum absolute atomic E-state index is 0.0342. The van der Waals surface area contributed by atoms with Crippen molar-refractivity contribution in [3.63, 3.8) is 0 Å². The lowest BCUT2D eigenvalue weighted by Crippen LogP contribution is -2.28. The summed E-state index contributed by atoms with van der Waals surface area (Å²) in [6, 6.07) is 8.52. The summed E-state index contributed by atoms with van der Waals surface area (Å²) in [7, 11) is 0. The molecule has 2 rings (SSSR count). The van der Waals surface area contributed by atoms with Crippen molar-refractivity contribution in [2.24, 2.45) is 0 Å². The molecule has 30 heavy (non-hydrogen) atoms. The number of carbonyl (C=O) groups is 2. The number of amides is 2. The zero-order chi connectivity index (χ0) is 22.1. The van der Waals surface area contributed by atoms with Crippen LogP contribution in [0.1, 0.15) is 12.8 Å². The first-order valence-electron chi connectivity index (χ1n) is 8.69. The molecule has 6 nitrogen and oxygen atoms in total. The van der Waals surface area contributed by atoms with E-state index in [2.05, 4.69) is 17.2 Å². The van der Waals surface area contributed by atoms with Gasteiger partial charge in [0.1, 0.15) is 11.6 Å². The number of benzene rings is 2. The fourth-order valence-corrected chi connectivity index (χ4v) is 2.61. The lowest BCUT2D eigenvalue weighted by Gasteiger charge is -2.11. The molecule has 0 saturated carbocycles. The SMILES string of the molecule is C=C(CCCOC(=O)Nc1ccc(Cl)c(Cl)c1)NC(=O)COc1ccc(Cl)c(F)c1.